The fourth-order valence-corrected chi connectivity index (χ4v) is 3.11. The highest BCUT2D eigenvalue weighted by Gasteiger charge is 2.25. The van der Waals surface area contributed by atoms with Crippen molar-refractivity contribution in [1.82, 2.24) is 0 Å². The van der Waals surface area contributed by atoms with Crippen molar-refractivity contribution in [2.24, 2.45) is 0 Å². The number of hydrogen-bond donors (Lipinski definition) is 0. The molecule has 0 aliphatic carbocycles. The van der Waals surface area contributed by atoms with Gasteiger partial charge in [-0.25, -0.2) is 0 Å². The highest BCUT2D eigenvalue weighted by atomic mass is 16.6. The number of benzene rings is 3. The maximum Gasteiger partial charge on any atom is 0.318 e. The number of nitrogens with zero attached hydrogens (tertiary/aromatic N) is 2. The second kappa shape index (κ2) is 8.19. The number of fused-ring (bicyclic) bond motifs is 1. The van der Waals surface area contributed by atoms with Crippen molar-refractivity contribution in [3.63, 3.8) is 0 Å². The Balaban J connectivity index is 1.93. The number of non-ortho nitro benzene ring substituents is 1. The molecule has 10 nitrogen and oxygen atoms in total. The van der Waals surface area contributed by atoms with Gasteiger partial charge in [-0.3, -0.25) is 25.0 Å². The molecule has 3 aromatic carbocycles. The number of nitro benzene ring substituents is 2. The lowest BCUT2D eigenvalue weighted by Crippen LogP contribution is -2.08. The zero-order valence-corrected chi connectivity index (χ0v) is 16.5. The second-order valence-electron chi connectivity index (χ2n) is 6.58. The number of methoxy groups -OCH3 is 1. The Morgan fingerprint density at radius 2 is 1.62 bits per heavy atom. The average molecular weight is 434 g/mol. The summed E-state index contributed by atoms with van der Waals surface area (Å²) in [4.78, 5) is 34.1. The molecule has 0 atom stereocenters. The number of nitro groups is 2. The van der Waals surface area contributed by atoms with Gasteiger partial charge in [0.25, 0.3) is 5.69 Å². The lowest BCUT2D eigenvalue weighted by Gasteiger charge is -2.12. The van der Waals surface area contributed by atoms with Crippen LogP contribution in [-0.2, 0) is 0 Å². The Hall–Kier alpha value is -4.73. The number of ether oxygens (including phenoxy) is 2. The molecule has 4 aromatic rings. The van der Waals surface area contributed by atoms with Crippen LogP contribution in [0.5, 0.6) is 17.2 Å². The van der Waals surface area contributed by atoms with Crippen LogP contribution in [0.1, 0.15) is 0 Å². The fraction of sp³-hybridized carbons (Fsp3) is 0.0455. The SMILES string of the molecule is COc1ccc(-c2oc3ccccc3c(=O)c2Oc2ccc([N+](=O)[O-])cc2[N+](=O)[O-])cc1. The van der Waals surface area contributed by atoms with Gasteiger partial charge in [-0.1, -0.05) is 12.1 Å². The highest BCUT2D eigenvalue weighted by molar-refractivity contribution is 5.82. The molecular formula is C22H14N2O8. The molecule has 0 aliphatic rings. The van der Waals surface area contributed by atoms with Gasteiger partial charge >= 0.3 is 5.69 Å². The molecule has 0 N–H and O–H groups in total. The van der Waals surface area contributed by atoms with Crippen molar-refractivity contribution in [1.29, 1.82) is 0 Å². The van der Waals surface area contributed by atoms with Crippen LogP contribution in [0.15, 0.2) is 75.9 Å². The molecule has 160 valence electrons. The van der Waals surface area contributed by atoms with E-state index in [1.165, 1.54) is 13.2 Å². The molecule has 10 heteroatoms. The van der Waals surface area contributed by atoms with Crippen molar-refractivity contribution in [2.45, 2.75) is 0 Å². The predicted molar refractivity (Wildman–Crippen MR) is 114 cm³/mol. The third kappa shape index (κ3) is 3.72. The predicted octanol–water partition coefficient (Wildman–Crippen LogP) is 5.08. The van der Waals surface area contributed by atoms with E-state index in [1.807, 2.05) is 0 Å². The minimum atomic E-state index is -0.821. The van der Waals surface area contributed by atoms with Crippen molar-refractivity contribution in [3.8, 4) is 28.6 Å². The van der Waals surface area contributed by atoms with Crippen LogP contribution in [0.4, 0.5) is 11.4 Å². The molecule has 0 radical (unpaired) electrons. The molecule has 4 rings (SSSR count). The Morgan fingerprint density at radius 1 is 0.906 bits per heavy atom. The molecule has 1 aromatic heterocycles. The minimum Gasteiger partial charge on any atom is -0.497 e. The van der Waals surface area contributed by atoms with Crippen LogP contribution in [0.25, 0.3) is 22.3 Å². The van der Waals surface area contributed by atoms with Crippen LogP contribution in [0.3, 0.4) is 0 Å². The van der Waals surface area contributed by atoms with Gasteiger partial charge in [-0.05, 0) is 42.5 Å². The van der Waals surface area contributed by atoms with Gasteiger partial charge < -0.3 is 13.9 Å². The Bertz CT molecular complexity index is 1410. The van der Waals surface area contributed by atoms with Crippen LogP contribution in [0.2, 0.25) is 0 Å². The first-order chi connectivity index (χ1) is 15.4. The topological polar surface area (TPSA) is 135 Å². The molecule has 0 saturated heterocycles. The first kappa shape index (κ1) is 20.5. The van der Waals surface area contributed by atoms with Gasteiger partial charge in [0.2, 0.25) is 16.9 Å². The monoisotopic (exact) mass is 434 g/mol. The van der Waals surface area contributed by atoms with E-state index >= 15 is 0 Å². The maximum absolute atomic E-state index is 13.2. The van der Waals surface area contributed by atoms with Gasteiger partial charge in [0.05, 0.1) is 28.4 Å². The second-order valence-corrected chi connectivity index (χ2v) is 6.58. The summed E-state index contributed by atoms with van der Waals surface area (Å²) >= 11 is 0. The van der Waals surface area contributed by atoms with Crippen molar-refractivity contribution in [3.05, 3.63) is 97.2 Å². The number of hydrogen-bond acceptors (Lipinski definition) is 8. The quantitative estimate of drug-likeness (QED) is 0.303. The molecule has 0 fully saturated rings. The first-order valence-corrected chi connectivity index (χ1v) is 9.20. The number of rotatable bonds is 6. The van der Waals surface area contributed by atoms with Crippen molar-refractivity contribution in [2.75, 3.05) is 7.11 Å². The average Bonchev–Trinajstić information content (AvgIpc) is 2.80. The molecule has 0 aliphatic heterocycles. The van der Waals surface area contributed by atoms with Gasteiger partial charge in [-0.15, -0.1) is 0 Å². The summed E-state index contributed by atoms with van der Waals surface area (Å²) in [6, 6.07) is 16.0. The molecule has 0 amide bonds. The fourth-order valence-electron chi connectivity index (χ4n) is 3.11. The summed E-state index contributed by atoms with van der Waals surface area (Å²) in [5, 5.41) is 22.7. The summed E-state index contributed by atoms with van der Waals surface area (Å²) in [5.41, 5.74) is -0.926. The van der Waals surface area contributed by atoms with Crippen LogP contribution in [0, 0.1) is 20.2 Å². The Kier molecular flexibility index (Phi) is 5.25. The van der Waals surface area contributed by atoms with E-state index in [9.17, 15) is 25.0 Å². The van der Waals surface area contributed by atoms with E-state index < -0.39 is 26.7 Å². The summed E-state index contributed by atoms with van der Waals surface area (Å²) in [5.74, 6) is -0.00173. The molecule has 1 heterocycles. The van der Waals surface area contributed by atoms with Crippen molar-refractivity contribution < 1.29 is 23.7 Å². The van der Waals surface area contributed by atoms with E-state index in [0.29, 0.717) is 16.9 Å². The first-order valence-electron chi connectivity index (χ1n) is 9.20. The largest absolute Gasteiger partial charge is 0.497 e. The van der Waals surface area contributed by atoms with Gasteiger partial charge in [0.1, 0.15) is 11.3 Å². The van der Waals surface area contributed by atoms with E-state index in [1.54, 1.807) is 42.5 Å². The zero-order chi connectivity index (χ0) is 22.8. The summed E-state index contributed by atoms with van der Waals surface area (Å²) in [7, 11) is 1.51. The van der Waals surface area contributed by atoms with Gasteiger partial charge in [0, 0.05) is 11.6 Å². The maximum atomic E-state index is 13.2. The lowest BCUT2D eigenvalue weighted by atomic mass is 10.1. The molecule has 0 bridgehead atoms. The zero-order valence-electron chi connectivity index (χ0n) is 16.5. The molecule has 32 heavy (non-hydrogen) atoms. The van der Waals surface area contributed by atoms with Crippen LogP contribution >= 0.6 is 0 Å². The van der Waals surface area contributed by atoms with E-state index in [0.717, 1.165) is 18.2 Å². The Labute approximate surface area is 179 Å². The normalized spacial score (nSPS) is 10.7. The third-order valence-corrected chi connectivity index (χ3v) is 4.67. The van der Waals surface area contributed by atoms with Crippen LogP contribution < -0.4 is 14.9 Å². The van der Waals surface area contributed by atoms with Crippen LogP contribution in [-0.4, -0.2) is 17.0 Å². The van der Waals surface area contributed by atoms with Crippen molar-refractivity contribution >= 4 is 22.3 Å². The summed E-state index contributed by atoms with van der Waals surface area (Å²) in [6.45, 7) is 0. The lowest BCUT2D eigenvalue weighted by molar-refractivity contribution is -0.394. The highest BCUT2D eigenvalue weighted by Crippen LogP contribution is 2.38. The number of para-hydroxylation sites is 1. The standard InChI is InChI=1S/C22H14N2O8/c1-30-15-9-6-13(7-10-15)21-22(20(25)16-4-2-3-5-18(16)31-21)32-19-11-8-14(23(26)27)12-17(19)24(28)29/h2-12H,1H3. The van der Waals surface area contributed by atoms with Gasteiger partial charge in [0.15, 0.2) is 5.76 Å². The van der Waals surface area contributed by atoms with E-state index in [2.05, 4.69) is 0 Å². The molecule has 0 saturated carbocycles. The van der Waals surface area contributed by atoms with Gasteiger partial charge in [-0.2, -0.15) is 0 Å². The van der Waals surface area contributed by atoms with E-state index in [-0.39, 0.29) is 22.6 Å². The summed E-state index contributed by atoms with van der Waals surface area (Å²) < 4.78 is 16.8. The minimum absolute atomic E-state index is 0.0454. The Morgan fingerprint density at radius 3 is 2.28 bits per heavy atom. The summed E-state index contributed by atoms with van der Waals surface area (Å²) in [6.07, 6.45) is 0. The molecular weight excluding hydrogens is 420 g/mol. The van der Waals surface area contributed by atoms with E-state index in [4.69, 9.17) is 13.9 Å². The molecule has 0 spiro atoms. The smallest absolute Gasteiger partial charge is 0.318 e. The third-order valence-electron chi connectivity index (χ3n) is 4.67. The molecule has 0 unspecified atom stereocenters.